The number of methoxy groups -OCH3 is 5. The van der Waals surface area contributed by atoms with Crippen molar-refractivity contribution < 1.29 is 36.9 Å². The highest BCUT2D eigenvalue weighted by Crippen LogP contribution is 2.35. The van der Waals surface area contributed by atoms with E-state index in [0.29, 0.717) is 45.4 Å². The summed E-state index contributed by atoms with van der Waals surface area (Å²) in [4.78, 5) is 16.6. The molecule has 0 spiro atoms. The molecule has 206 valence electrons. The van der Waals surface area contributed by atoms with Crippen LogP contribution in [0.4, 0.5) is 5.69 Å². The normalized spacial score (nSPS) is 11.4. The van der Waals surface area contributed by atoms with E-state index in [1.54, 1.807) is 49.6 Å². The average molecular weight is 555 g/mol. The fourth-order valence-corrected chi connectivity index (χ4v) is 4.61. The van der Waals surface area contributed by atoms with Crippen LogP contribution in [0.5, 0.6) is 28.9 Å². The topological polar surface area (TPSA) is 122 Å². The first-order valence-corrected chi connectivity index (χ1v) is 13.3. The molecule has 0 atom stereocenters. The van der Waals surface area contributed by atoms with E-state index in [0.717, 1.165) is 5.41 Å². The average Bonchev–Trinajstić information content (AvgIpc) is 2.95. The molecule has 0 aliphatic heterocycles. The number of nitrogens with one attached hydrogen (secondary N) is 1. The number of ketones is 1. The summed E-state index contributed by atoms with van der Waals surface area (Å²) in [5.74, 6) is 1.62. The molecule has 1 heterocycles. The quantitative estimate of drug-likeness (QED) is 0.238. The van der Waals surface area contributed by atoms with E-state index in [4.69, 9.17) is 23.7 Å². The Balaban J connectivity index is 1.77. The number of aromatic nitrogens is 1. The van der Waals surface area contributed by atoms with Crippen LogP contribution in [0.2, 0.25) is 0 Å². The number of benzene rings is 2. The van der Waals surface area contributed by atoms with Crippen molar-refractivity contribution in [1.29, 1.82) is 0 Å². The number of hydrogen-bond acceptors (Lipinski definition) is 10. The number of anilines is 1. The van der Waals surface area contributed by atoms with Gasteiger partial charge in [0.25, 0.3) is 0 Å². The van der Waals surface area contributed by atoms with Gasteiger partial charge in [-0.25, -0.2) is 13.4 Å². The van der Waals surface area contributed by atoms with Gasteiger partial charge in [-0.3, -0.25) is 4.79 Å². The molecule has 10 nitrogen and oxygen atoms in total. The van der Waals surface area contributed by atoms with Crippen molar-refractivity contribution >= 4 is 27.4 Å². The Bertz CT molecular complexity index is 1440. The molecule has 0 fully saturated rings. The second-order valence-electron chi connectivity index (χ2n) is 8.03. The van der Waals surface area contributed by atoms with E-state index in [-0.39, 0.29) is 17.4 Å². The highest BCUT2D eigenvalue weighted by atomic mass is 32.2. The Morgan fingerprint density at radius 3 is 2.08 bits per heavy atom. The molecule has 39 heavy (non-hydrogen) atoms. The molecule has 0 saturated heterocycles. The van der Waals surface area contributed by atoms with Crippen LogP contribution in [0.25, 0.3) is 6.08 Å². The van der Waals surface area contributed by atoms with Gasteiger partial charge in [0.05, 0.1) is 46.9 Å². The van der Waals surface area contributed by atoms with E-state index >= 15 is 0 Å². The zero-order valence-corrected chi connectivity index (χ0v) is 23.1. The number of allylic oxidation sites excluding steroid dienone is 1. The second kappa shape index (κ2) is 13.3. The van der Waals surface area contributed by atoms with Crippen molar-refractivity contribution in [2.45, 2.75) is 5.75 Å². The van der Waals surface area contributed by atoms with E-state index in [9.17, 15) is 13.2 Å². The maximum atomic E-state index is 12.9. The fourth-order valence-electron chi connectivity index (χ4n) is 3.55. The highest BCUT2D eigenvalue weighted by molar-refractivity contribution is 7.93. The third-order valence-corrected chi connectivity index (χ3v) is 6.80. The lowest BCUT2D eigenvalue weighted by atomic mass is 10.1. The first kappa shape index (κ1) is 29.1. The molecule has 0 aliphatic carbocycles. The number of pyridine rings is 1. The van der Waals surface area contributed by atoms with Crippen LogP contribution in [-0.4, -0.2) is 54.7 Å². The van der Waals surface area contributed by atoms with E-state index in [1.807, 2.05) is 0 Å². The van der Waals surface area contributed by atoms with Crippen molar-refractivity contribution in [1.82, 2.24) is 4.98 Å². The molecule has 0 aliphatic rings. The van der Waals surface area contributed by atoms with Crippen molar-refractivity contribution in [2.75, 3.05) is 40.9 Å². The van der Waals surface area contributed by atoms with Crippen LogP contribution in [-0.2, 0) is 15.6 Å². The fraction of sp³-hybridized carbons (Fsp3) is 0.214. The van der Waals surface area contributed by atoms with E-state index < -0.39 is 9.84 Å². The van der Waals surface area contributed by atoms with Gasteiger partial charge in [0.2, 0.25) is 5.88 Å². The number of rotatable bonds is 13. The number of carbonyl (C=O) groups excluding carboxylic acids is 1. The molecule has 0 bridgehead atoms. The zero-order valence-electron chi connectivity index (χ0n) is 22.3. The summed E-state index contributed by atoms with van der Waals surface area (Å²) in [6.45, 7) is 0. The lowest BCUT2D eigenvalue weighted by Crippen LogP contribution is -2.04. The number of nitrogens with zero attached hydrogens (tertiary/aromatic N) is 1. The predicted octanol–water partition coefficient (Wildman–Crippen LogP) is 4.52. The lowest BCUT2D eigenvalue weighted by molar-refractivity contribution is 0.104. The van der Waals surface area contributed by atoms with Crippen molar-refractivity contribution in [3.05, 3.63) is 83.0 Å². The molecule has 0 unspecified atom stereocenters. The van der Waals surface area contributed by atoms with Crippen LogP contribution in [0.3, 0.4) is 0 Å². The predicted molar refractivity (Wildman–Crippen MR) is 149 cm³/mol. The van der Waals surface area contributed by atoms with Crippen LogP contribution in [0.15, 0.2) is 66.3 Å². The Labute approximate surface area is 227 Å². The SMILES string of the molecule is COc1ccc(C(=O)/C=C/Nc2cc(CS(=O)(=O)/C=C/c3c(OC)cc(OC)cc3OC)cnc2OC)cc1. The molecule has 3 rings (SSSR count). The van der Waals surface area contributed by atoms with Crippen molar-refractivity contribution in [3.8, 4) is 28.9 Å². The Morgan fingerprint density at radius 1 is 0.872 bits per heavy atom. The molecule has 0 amide bonds. The summed E-state index contributed by atoms with van der Waals surface area (Å²) in [6.07, 6.45) is 5.61. The maximum absolute atomic E-state index is 12.9. The number of ether oxygens (including phenoxy) is 5. The maximum Gasteiger partial charge on any atom is 0.237 e. The summed E-state index contributed by atoms with van der Waals surface area (Å²) < 4.78 is 52.2. The molecule has 0 radical (unpaired) electrons. The lowest BCUT2D eigenvalue weighted by Gasteiger charge is -2.12. The van der Waals surface area contributed by atoms with Crippen LogP contribution in [0, 0.1) is 0 Å². The van der Waals surface area contributed by atoms with E-state index in [2.05, 4.69) is 10.3 Å². The second-order valence-corrected chi connectivity index (χ2v) is 9.91. The molecule has 3 aromatic rings. The Hall–Kier alpha value is -4.51. The van der Waals surface area contributed by atoms with Gasteiger partial charge in [-0.2, -0.15) is 0 Å². The largest absolute Gasteiger partial charge is 0.497 e. The van der Waals surface area contributed by atoms with Gasteiger partial charge in [-0.1, -0.05) is 0 Å². The minimum Gasteiger partial charge on any atom is -0.497 e. The number of hydrogen-bond donors (Lipinski definition) is 1. The monoisotopic (exact) mass is 554 g/mol. The van der Waals surface area contributed by atoms with Gasteiger partial charge >= 0.3 is 0 Å². The molecule has 11 heteroatoms. The first-order valence-electron chi connectivity index (χ1n) is 11.6. The Morgan fingerprint density at radius 2 is 1.51 bits per heavy atom. The summed E-state index contributed by atoms with van der Waals surface area (Å²) in [6, 6.07) is 11.6. The molecule has 2 aromatic carbocycles. The summed E-state index contributed by atoms with van der Waals surface area (Å²) in [5, 5.41) is 4.03. The molecule has 1 N–H and O–H groups in total. The standard InChI is InChI=1S/C28H30N2O8S/c1-34-21-8-6-20(7-9-21)25(31)10-12-29-24-14-19(17-30-28(24)38-5)18-39(32,33)13-11-23-26(36-3)15-22(35-2)16-27(23)37-4/h6-17,29H,18H2,1-5H3/b12-10+,13-11+. The third-order valence-electron chi connectivity index (χ3n) is 5.51. The minimum absolute atomic E-state index is 0.231. The highest BCUT2D eigenvalue weighted by Gasteiger charge is 2.15. The molecular weight excluding hydrogens is 524 g/mol. The smallest absolute Gasteiger partial charge is 0.237 e. The number of carbonyl (C=O) groups is 1. The molecular formula is C28H30N2O8S. The molecule has 0 saturated carbocycles. The minimum atomic E-state index is -3.72. The van der Waals surface area contributed by atoms with Crippen molar-refractivity contribution in [2.24, 2.45) is 0 Å². The van der Waals surface area contributed by atoms with Gasteiger partial charge in [-0.05, 0) is 42.0 Å². The van der Waals surface area contributed by atoms with Gasteiger partial charge < -0.3 is 29.0 Å². The van der Waals surface area contributed by atoms with Crippen LogP contribution < -0.4 is 29.0 Å². The summed E-state index contributed by atoms with van der Waals surface area (Å²) >= 11 is 0. The van der Waals surface area contributed by atoms with Gasteiger partial charge in [0.15, 0.2) is 15.6 Å². The van der Waals surface area contributed by atoms with Gasteiger partial charge in [0.1, 0.15) is 28.7 Å². The summed E-state index contributed by atoms with van der Waals surface area (Å²) in [7, 11) is 3.71. The van der Waals surface area contributed by atoms with Crippen molar-refractivity contribution in [3.63, 3.8) is 0 Å². The molecule has 1 aromatic heterocycles. The van der Waals surface area contributed by atoms with Gasteiger partial charge in [0, 0.05) is 41.6 Å². The van der Waals surface area contributed by atoms with Gasteiger partial charge in [-0.15, -0.1) is 0 Å². The zero-order chi connectivity index (χ0) is 28.4. The first-order chi connectivity index (χ1) is 18.7. The van der Waals surface area contributed by atoms with Crippen LogP contribution >= 0.6 is 0 Å². The Kier molecular flexibility index (Phi) is 9.93. The summed E-state index contributed by atoms with van der Waals surface area (Å²) in [5.41, 5.74) is 1.74. The third kappa shape index (κ3) is 7.74. The van der Waals surface area contributed by atoms with E-state index in [1.165, 1.54) is 53.0 Å². The van der Waals surface area contributed by atoms with Crippen LogP contribution in [0.1, 0.15) is 21.5 Å². The number of sulfone groups is 1.